The monoisotopic (exact) mass is 195 g/mol. The maximum Gasteiger partial charge on any atom is 0.119 e. The highest BCUT2D eigenvalue weighted by molar-refractivity contribution is 5.28. The lowest BCUT2D eigenvalue weighted by Crippen LogP contribution is -2.20. The maximum absolute atomic E-state index is 9.00. The van der Waals surface area contributed by atoms with E-state index in [1.165, 1.54) is 0 Å². The second kappa shape index (κ2) is 5.62. The lowest BCUT2D eigenvalue weighted by atomic mass is 10.0. The first-order valence-electron chi connectivity index (χ1n) is 4.74. The van der Waals surface area contributed by atoms with Crippen LogP contribution in [0.2, 0.25) is 0 Å². The minimum atomic E-state index is 0.133. The number of aliphatic hydroxyl groups is 1. The van der Waals surface area contributed by atoms with E-state index in [9.17, 15) is 0 Å². The van der Waals surface area contributed by atoms with E-state index >= 15 is 0 Å². The van der Waals surface area contributed by atoms with Crippen LogP contribution in [0, 0.1) is 5.92 Å². The van der Waals surface area contributed by atoms with E-state index in [0.29, 0.717) is 6.54 Å². The Kier molecular flexibility index (Phi) is 4.43. The van der Waals surface area contributed by atoms with Crippen molar-refractivity contribution in [2.75, 3.05) is 20.3 Å². The number of rotatable bonds is 5. The summed E-state index contributed by atoms with van der Waals surface area (Å²) in [4.78, 5) is 0. The normalized spacial score (nSPS) is 12.5. The molecule has 1 aromatic rings. The van der Waals surface area contributed by atoms with Crippen molar-refractivity contribution < 1.29 is 9.84 Å². The molecule has 0 aliphatic carbocycles. The van der Waals surface area contributed by atoms with Crippen LogP contribution in [-0.2, 0) is 6.42 Å². The van der Waals surface area contributed by atoms with Gasteiger partial charge in [-0.05, 0) is 36.6 Å². The van der Waals surface area contributed by atoms with Gasteiger partial charge in [0.1, 0.15) is 5.75 Å². The molecule has 78 valence electrons. The summed E-state index contributed by atoms with van der Waals surface area (Å²) in [6.07, 6.45) is 0.796. The first kappa shape index (κ1) is 11.0. The molecule has 0 spiro atoms. The summed E-state index contributed by atoms with van der Waals surface area (Å²) in [6.45, 7) is 0.640. The number of ether oxygens (including phenoxy) is 1. The molecule has 0 saturated carbocycles. The van der Waals surface area contributed by atoms with Gasteiger partial charge in [0.05, 0.1) is 7.11 Å². The van der Waals surface area contributed by atoms with Crippen molar-refractivity contribution in [3.05, 3.63) is 29.8 Å². The van der Waals surface area contributed by atoms with Crippen molar-refractivity contribution in [1.82, 2.24) is 0 Å². The average molecular weight is 195 g/mol. The highest BCUT2D eigenvalue weighted by Crippen LogP contribution is 2.15. The zero-order valence-corrected chi connectivity index (χ0v) is 8.44. The van der Waals surface area contributed by atoms with Crippen molar-refractivity contribution in [3.63, 3.8) is 0 Å². The zero-order chi connectivity index (χ0) is 10.4. The maximum atomic E-state index is 9.00. The molecule has 14 heavy (non-hydrogen) atoms. The van der Waals surface area contributed by atoms with Crippen LogP contribution < -0.4 is 10.5 Å². The largest absolute Gasteiger partial charge is 0.497 e. The molecule has 0 unspecified atom stereocenters. The quantitative estimate of drug-likeness (QED) is 0.731. The molecule has 0 aromatic heterocycles. The van der Waals surface area contributed by atoms with E-state index in [-0.39, 0.29) is 12.5 Å². The van der Waals surface area contributed by atoms with E-state index in [1.54, 1.807) is 7.11 Å². The Bertz CT molecular complexity index is 272. The fourth-order valence-corrected chi connectivity index (χ4v) is 1.36. The number of hydrogen-bond acceptors (Lipinski definition) is 3. The van der Waals surface area contributed by atoms with Crippen LogP contribution in [0.25, 0.3) is 0 Å². The van der Waals surface area contributed by atoms with Crippen molar-refractivity contribution in [2.45, 2.75) is 6.42 Å². The predicted molar refractivity (Wildman–Crippen MR) is 56.3 cm³/mol. The van der Waals surface area contributed by atoms with Crippen LogP contribution in [0.15, 0.2) is 24.3 Å². The highest BCUT2D eigenvalue weighted by atomic mass is 16.5. The molecular formula is C11H17NO2. The van der Waals surface area contributed by atoms with Gasteiger partial charge in [0.15, 0.2) is 0 Å². The summed E-state index contributed by atoms with van der Waals surface area (Å²) >= 11 is 0. The minimum absolute atomic E-state index is 0.133. The molecule has 3 heteroatoms. The van der Waals surface area contributed by atoms with E-state index < -0.39 is 0 Å². The predicted octanol–water partition coefficient (Wildman–Crippen LogP) is 0.805. The Morgan fingerprint density at radius 1 is 1.50 bits per heavy atom. The molecule has 3 N–H and O–H groups in total. The molecule has 0 amide bonds. The van der Waals surface area contributed by atoms with E-state index in [2.05, 4.69) is 0 Å². The van der Waals surface area contributed by atoms with Gasteiger partial charge in [-0.3, -0.25) is 0 Å². The van der Waals surface area contributed by atoms with Gasteiger partial charge >= 0.3 is 0 Å². The van der Waals surface area contributed by atoms with E-state index in [4.69, 9.17) is 15.6 Å². The lowest BCUT2D eigenvalue weighted by Gasteiger charge is -2.11. The molecule has 0 fully saturated rings. The van der Waals surface area contributed by atoms with Gasteiger partial charge in [-0.2, -0.15) is 0 Å². The van der Waals surface area contributed by atoms with Gasteiger partial charge in [0.25, 0.3) is 0 Å². The average Bonchev–Trinajstić information content (AvgIpc) is 2.26. The summed E-state index contributed by atoms with van der Waals surface area (Å²) in [5.41, 5.74) is 6.66. The highest BCUT2D eigenvalue weighted by Gasteiger charge is 2.06. The fourth-order valence-electron chi connectivity index (χ4n) is 1.36. The van der Waals surface area contributed by atoms with Crippen LogP contribution in [0.1, 0.15) is 5.56 Å². The topological polar surface area (TPSA) is 55.5 Å². The molecule has 1 aromatic carbocycles. The second-order valence-electron chi connectivity index (χ2n) is 3.34. The van der Waals surface area contributed by atoms with Gasteiger partial charge in [0, 0.05) is 6.61 Å². The summed E-state index contributed by atoms with van der Waals surface area (Å²) in [5.74, 6) is 0.985. The fraction of sp³-hybridized carbons (Fsp3) is 0.455. The van der Waals surface area contributed by atoms with Crippen molar-refractivity contribution in [2.24, 2.45) is 11.7 Å². The van der Waals surface area contributed by atoms with E-state index in [0.717, 1.165) is 17.7 Å². The van der Waals surface area contributed by atoms with Crippen LogP contribution in [0.4, 0.5) is 0 Å². The van der Waals surface area contributed by atoms with Crippen molar-refractivity contribution >= 4 is 0 Å². The van der Waals surface area contributed by atoms with Crippen LogP contribution in [-0.4, -0.2) is 25.4 Å². The van der Waals surface area contributed by atoms with E-state index in [1.807, 2.05) is 24.3 Å². The number of nitrogens with two attached hydrogens (primary N) is 1. The van der Waals surface area contributed by atoms with Crippen molar-refractivity contribution in [1.29, 1.82) is 0 Å². The summed E-state index contributed by atoms with van der Waals surface area (Å²) in [6, 6.07) is 7.83. The molecule has 0 aliphatic heterocycles. The van der Waals surface area contributed by atoms with Crippen LogP contribution >= 0.6 is 0 Å². The third-order valence-corrected chi connectivity index (χ3v) is 2.25. The Labute approximate surface area is 84.5 Å². The smallest absolute Gasteiger partial charge is 0.119 e. The van der Waals surface area contributed by atoms with Crippen molar-refractivity contribution in [3.8, 4) is 5.75 Å². The molecular weight excluding hydrogens is 178 g/mol. The van der Waals surface area contributed by atoms with Gasteiger partial charge in [0.2, 0.25) is 0 Å². The molecule has 0 heterocycles. The lowest BCUT2D eigenvalue weighted by molar-refractivity contribution is 0.229. The van der Waals surface area contributed by atoms with Gasteiger partial charge < -0.3 is 15.6 Å². The second-order valence-corrected chi connectivity index (χ2v) is 3.34. The summed E-state index contributed by atoms with van der Waals surface area (Å²) in [5, 5.41) is 9.00. The SMILES string of the molecule is COc1cccc(C[C@@H](CN)CO)c1. The Balaban J connectivity index is 2.65. The third-order valence-electron chi connectivity index (χ3n) is 2.25. The van der Waals surface area contributed by atoms with Gasteiger partial charge in [-0.15, -0.1) is 0 Å². The Hall–Kier alpha value is -1.06. The number of methoxy groups -OCH3 is 1. The zero-order valence-electron chi connectivity index (χ0n) is 8.44. The number of hydrogen-bond donors (Lipinski definition) is 2. The summed E-state index contributed by atoms with van der Waals surface area (Å²) in [7, 11) is 1.64. The summed E-state index contributed by atoms with van der Waals surface area (Å²) < 4.78 is 5.11. The molecule has 0 aliphatic rings. The molecule has 1 atom stereocenters. The number of aliphatic hydroxyl groups excluding tert-OH is 1. The molecule has 1 rings (SSSR count). The molecule has 0 bridgehead atoms. The molecule has 0 saturated heterocycles. The number of benzene rings is 1. The Morgan fingerprint density at radius 2 is 2.29 bits per heavy atom. The first-order valence-corrected chi connectivity index (χ1v) is 4.74. The minimum Gasteiger partial charge on any atom is -0.497 e. The Morgan fingerprint density at radius 3 is 2.86 bits per heavy atom. The molecule has 0 radical (unpaired) electrons. The third kappa shape index (κ3) is 3.01. The molecule has 3 nitrogen and oxygen atoms in total. The first-order chi connectivity index (χ1) is 6.80. The van der Waals surface area contributed by atoms with Gasteiger partial charge in [-0.1, -0.05) is 12.1 Å². The van der Waals surface area contributed by atoms with Crippen LogP contribution in [0.3, 0.4) is 0 Å². The van der Waals surface area contributed by atoms with Crippen LogP contribution in [0.5, 0.6) is 5.75 Å². The standard InChI is InChI=1S/C11H17NO2/c1-14-11-4-2-3-9(6-11)5-10(7-12)8-13/h2-4,6,10,13H,5,7-8,12H2,1H3/t10-/m0/s1. The van der Waals surface area contributed by atoms with Gasteiger partial charge in [-0.25, -0.2) is 0 Å².